The second kappa shape index (κ2) is 8.33. The summed E-state index contributed by atoms with van der Waals surface area (Å²) in [6.07, 6.45) is 1.57. The molecule has 0 saturated heterocycles. The van der Waals surface area contributed by atoms with Crippen molar-refractivity contribution < 1.29 is 14.0 Å². The van der Waals surface area contributed by atoms with Crippen molar-refractivity contribution in [3.63, 3.8) is 0 Å². The van der Waals surface area contributed by atoms with E-state index in [1.165, 1.54) is 0 Å². The third-order valence-corrected chi connectivity index (χ3v) is 6.46. The molecule has 0 radical (unpaired) electrons. The van der Waals surface area contributed by atoms with E-state index in [9.17, 15) is 9.59 Å². The fraction of sp³-hybridized carbons (Fsp3) is 0.222. The Balaban J connectivity index is 1.56. The lowest BCUT2D eigenvalue weighted by Crippen LogP contribution is -2.64. The van der Waals surface area contributed by atoms with Gasteiger partial charge in [0.2, 0.25) is 5.91 Å². The van der Waals surface area contributed by atoms with E-state index in [0.717, 1.165) is 16.7 Å². The molecule has 3 heterocycles. The first-order chi connectivity index (χ1) is 16.4. The van der Waals surface area contributed by atoms with Crippen molar-refractivity contribution in [1.82, 2.24) is 15.1 Å². The number of aryl methyl sites for hydroxylation is 2. The molecule has 0 bridgehead atoms. The molecule has 34 heavy (non-hydrogen) atoms. The predicted octanol–water partition coefficient (Wildman–Crippen LogP) is 4.50. The van der Waals surface area contributed by atoms with Gasteiger partial charge in [-0.2, -0.15) is 5.10 Å². The molecule has 0 saturated carbocycles. The maximum atomic E-state index is 13.8. The topological polar surface area (TPSA) is 80.4 Å². The third kappa shape index (κ3) is 3.69. The highest BCUT2D eigenvalue weighted by atomic mass is 16.3. The minimum absolute atomic E-state index is 0.211. The number of aromatic nitrogens is 2. The number of carbonyl (C=O) groups is 2. The van der Waals surface area contributed by atoms with Crippen molar-refractivity contribution in [3.05, 3.63) is 95.4 Å². The maximum Gasteiger partial charge on any atom is 0.277 e. The number of furan rings is 1. The second-order valence-electron chi connectivity index (χ2n) is 8.90. The smallest absolute Gasteiger partial charge is 0.277 e. The number of benzene rings is 2. The molecular weight excluding hydrogens is 428 g/mol. The number of rotatable bonds is 5. The van der Waals surface area contributed by atoms with Crippen LogP contribution in [-0.4, -0.2) is 27.1 Å². The predicted molar refractivity (Wildman–Crippen MR) is 129 cm³/mol. The van der Waals surface area contributed by atoms with Crippen LogP contribution in [0.2, 0.25) is 0 Å². The second-order valence-corrected chi connectivity index (χ2v) is 8.90. The summed E-state index contributed by atoms with van der Waals surface area (Å²) < 4.78 is 7.09. The third-order valence-electron chi connectivity index (χ3n) is 6.46. The van der Waals surface area contributed by atoms with E-state index in [-0.39, 0.29) is 18.4 Å². The van der Waals surface area contributed by atoms with Gasteiger partial charge in [-0.3, -0.25) is 19.2 Å². The summed E-state index contributed by atoms with van der Waals surface area (Å²) in [5.74, 6) is 0.0449. The van der Waals surface area contributed by atoms with E-state index in [1.54, 1.807) is 41.0 Å². The number of anilines is 1. The van der Waals surface area contributed by atoms with Gasteiger partial charge in [0.15, 0.2) is 5.76 Å². The standard InChI is InChI=1S/C27H26N4O3/c1-18-11-12-21(14-19(18)2)31-25(32)23-15-22(24-10-7-13-34-24)29-30(23)17-27(31,3)26(33)28-16-20-8-5-4-6-9-20/h4-15H,16-17H2,1-3H3,(H,28,33)/t27-/m0/s1. The molecule has 1 N–H and O–H groups in total. The first kappa shape index (κ1) is 21.7. The number of nitrogens with one attached hydrogen (secondary N) is 1. The van der Waals surface area contributed by atoms with Gasteiger partial charge in [-0.25, -0.2) is 0 Å². The number of fused-ring (bicyclic) bond motifs is 1. The van der Waals surface area contributed by atoms with E-state index in [4.69, 9.17) is 4.42 Å². The molecule has 0 aliphatic carbocycles. The zero-order valence-corrected chi connectivity index (χ0v) is 19.4. The van der Waals surface area contributed by atoms with E-state index in [2.05, 4.69) is 10.4 Å². The van der Waals surface area contributed by atoms with Crippen molar-refractivity contribution in [2.24, 2.45) is 0 Å². The van der Waals surface area contributed by atoms with Crippen LogP contribution in [0.1, 0.15) is 34.1 Å². The minimum Gasteiger partial charge on any atom is -0.463 e. The molecule has 1 aliphatic heterocycles. The summed E-state index contributed by atoms with van der Waals surface area (Å²) in [6, 6.07) is 20.8. The molecule has 0 spiro atoms. The lowest BCUT2D eigenvalue weighted by atomic mass is 9.93. The molecule has 5 rings (SSSR count). The molecule has 2 amide bonds. The monoisotopic (exact) mass is 454 g/mol. The Morgan fingerprint density at radius 3 is 2.56 bits per heavy atom. The van der Waals surface area contributed by atoms with E-state index in [1.807, 2.05) is 62.4 Å². The minimum atomic E-state index is -1.19. The van der Waals surface area contributed by atoms with Crippen LogP contribution >= 0.6 is 0 Å². The Morgan fingerprint density at radius 1 is 1.06 bits per heavy atom. The van der Waals surface area contributed by atoms with Crippen LogP contribution in [0.3, 0.4) is 0 Å². The molecule has 7 nitrogen and oxygen atoms in total. The van der Waals surface area contributed by atoms with Gasteiger partial charge in [0, 0.05) is 18.3 Å². The molecule has 1 aliphatic rings. The Hall–Kier alpha value is -4.13. The van der Waals surface area contributed by atoms with Crippen LogP contribution in [0.25, 0.3) is 11.5 Å². The zero-order valence-electron chi connectivity index (χ0n) is 19.4. The zero-order chi connectivity index (χ0) is 23.9. The molecule has 4 aromatic rings. The van der Waals surface area contributed by atoms with Crippen molar-refractivity contribution in [1.29, 1.82) is 0 Å². The van der Waals surface area contributed by atoms with E-state index >= 15 is 0 Å². The average molecular weight is 455 g/mol. The molecule has 172 valence electrons. The van der Waals surface area contributed by atoms with Gasteiger partial charge in [0.1, 0.15) is 16.9 Å². The quantitative estimate of drug-likeness (QED) is 0.482. The highest BCUT2D eigenvalue weighted by Crippen LogP contribution is 2.35. The first-order valence-corrected chi connectivity index (χ1v) is 11.2. The molecular formula is C27H26N4O3. The highest BCUT2D eigenvalue weighted by Gasteiger charge is 2.49. The Kier molecular flexibility index (Phi) is 5.32. The summed E-state index contributed by atoms with van der Waals surface area (Å²) in [6.45, 7) is 6.39. The highest BCUT2D eigenvalue weighted by molar-refractivity contribution is 6.12. The lowest BCUT2D eigenvalue weighted by Gasteiger charge is -2.43. The van der Waals surface area contributed by atoms with Crippen molar-refractivity contribution in [3.8, 4) is 11.5 Å². The lowest BCUT2D eigenvalue weighted by molar-refractivity contribution is -0.126. The number of hydrogen-bond acceptors (Lipinski definition) is 4. The van der Waals surface area contributed by atoms with Crippen LogP contribution in [0.4, 0.5) is 5.69 Å². The van der Waals surface area contributed by atoms with Crippen LogP contribution in [-0.2, 0) is 17.9 Å². The van der Waals surface area contributed by atoms with Gasteiger partial charge in [0.05, 0.1) is 12.8 Å². The fourth-order valence-electron chi connectivity index (χ4n) is 4.36. The SMILES string of the molecule is Cc1ccc(N2C(=O)c3cc(-c4ccco4)nn3C[C@@]2(C)C(=O)NCc2ccccc2)cc1C. The summed E-state index contributed by atoms with van der Waals surface area (Å²) in [5, 5.41) is 7.62. The number of hydrogen-bond donors (Lipinski definition) is 1. The molecule has 0 fully saturated rings. The molecule has 2 aromatic carbocycles. The van der Waals surface area contributed by atoms with Crippen molar-refractivity contribution in [2.45, 2.75) is 39.4 Å². The summed E-state index contributed by atoms with van der Waals surface area (Å²) in [4.78, 5) is 29.1. The van der Waals surface area contributed by atoms with Crippen molar-refractivity contribution >= 4 is 17.5 Å². The summed E-state index contributed by atoms with van der Waals surface area (Å²) in [5.41, 5.74) is 3.62. The molecule has 2 aromatic heterocycles. The van der Waals surface area contributed by atoms with E-state index in [0.29, 0.717) is 29.4 Å². The molecule has 7 heteroatoms. The van der Waals surface area contributed by atoms with Gasteiger partial charge in [-0.1, -0.05) is 36.4 Å². The largest absolute Gasteiger partial charge is 0.463 e. The number of nitrogens with zero attached hydrogens (tertiary/aromatic N) is 3. The van der Waals surface area contributed by atoms with Gasteiger partial charge >= 0.3 is 0 Å². The average Bonchev–Trinajstić information content (AvgIpc) is 3.50. The Morgan fingerprint density at radius 2 is 1.85 bits per heavy atom. The summed E-state index contributed by atoms with van der Waals surface area (Å²) >= 11 is 0. The maximum absolute atomic E-state index is 13.8. The first-order valence-electron chi connectivity index (χ1n) is 11.2. The Bertz CT molecular complexity index is 1360. The number of amides is 2. The van der Waals surface area contributed by atoms with E-state index < -0.39 is 5.54 Å². The number of carbonyl (C=O) groups excluding carboxylic acids is 2. The van der Waals surface area contributed by atoms with Gasteiger partial charge in [-0.15, -0.1) is 0 Å². The van der Waals surface area contributed by atoms with Crippen molar-refractivity contribution in [2.75, 3.05) is 4.90 Å². The van der Waals surface area contributed by atoms with Gasteiger partial charge in [0.25, 0.3) is 5.91 Å². The van der Waals surface area contributed by atoms with Crippen LogP contribution in [0.15, 0.2) is 77.4 Å². The van der Waals surface area contributed by atoms with Gasteiger partial charge < -0.3 is 9.73 Å². The molecule has 0 unspecified atom stereocenters. The summed E-state index contributed by atoms with van der Waals surface area (Å²) in [7, 11) is 0. The normalized spacial score (nSPS) is 17.5. The van der Waals surface area contributed by atoms with Crippen LogP contribution < -0.4 is 10.2 Å². The van der Waals surface area contributed by atoms with Crippen LogP contribution in [0.5, 0.6) is 0 Å². The Labute approximate surface area is 198 Å². The van der Waals surface area contributed by atoms with Gasteiger partial charge in [-0.05, 0) is 61.7 Å². The van der Waals surface area contributed by atoms with Crippen LogP contribution in [0, 0.1) is 13.8 Å². The molecule has 1 atom stereocenters. The fourth-order valence-corrected chi connectivity index (χ4v) is 4.36.